The van der Waals surface area contributed by atoms with Gasteiger partial charge in [0.1, 0.15) is 0 Å². The van der Waals surface area contributed by atoms with Gasteiger partial charge in [-0.3, -0.25) is 4.79 Å². The van der Waals surface area contributed by atoms with E-state index in [-0.39, 0.29) is 5.78 Å². The van der Waals surface area contributed by atoms with Gasteiger partial charge in [-0.25, -0.2) is 0 Å². The van der Waals surface area contributed by atoms with Crippen molar-refractivity contribution in [2.45, 2.75) is 26.6 Å². The van der Waals surface area contributed by atoms with E-state index >= 15 is 0 Å². The summed E-state index contributed by atoms with van der Waals surface area (Å²) in [5.41, 5.74) is 0.775. The molecule has 0 amide bonds. The van der Waals surface area contributed by atoms with Crippen molar-refractivity contribution in [3.63, 3.8) is 0 Å². The molecule has 0 aromatic heterocycles. The SMILES string of the molecule is CC(=O)c1ccccc1.C[Si](C)(C)O. The Labute approximate surface area is 86.7 Å². The van der Waals surface area contributed by atoms with Gasteiger partial charge in [0.15, 0.2) is 14.1 Å². The molecule has 3 heteroatoms. The summed E-state index contributed by atoms with van der Waals surface area (Å²) in [6.07, 6.45) is 0. The van der Waals surface area contributed by atoms with Gasteiger partial charge in [0.2, 0.25) is 0 Å². The highest BCUT2D eigenvalue weighted by atomic mass is 28.4. The van der Waals surface area contributed by atoms with Crippen LogP contribution in [0.1, 0.15) is 17.3 Å². The van der Waals surface area contributed by atoms with Crippen molar-refractivity contribution < 1.29 is 9.59 Å². The molecule has 0 aliphatic rings. The standard InChI is InChI=1S/C8H8O.C3H10OSi/c1-7(9)8-5-3-2-4-6-8;1-5(2,3)4/h2-6H,1H3;4H,1-3H3. The van der Waals surface area contributed by atoms with Crippen molar-refractivity contribution in [3.8, 4) is 0 Å². The Kier molecular flexibility index (Phi) is 5.34. The quantitative estimate of drug-likeness (QED) is 0.571. The first kappa shape index (κ1) is 13.1. The maximum Gasteiger partial charge on any atom is 0.179 e. The molecule has 1 aromatic carbocycles. The van der Waals surface area contributed by atoms with Gasteiger partial charge in [0.25, 0.3) is 0 Å². The Balaban J connectivity index is 0.000000292. The lowest BCUT2D eigenvalue weighted by Gasteiger charge is -2.00. The second kappa shape index (κ2) is 5.73. The van der Waals surface area contributed by atoms with E-state index in [0.29, 0.717) is 0 Å². The molecular weight excluding hydrogens is 192 g/mol. The van der Waals surface area contributed by atoms with Crippen LogP contribution < -0.4 is 0 Å². The van der Waals surface area contributed by atoms with E-state index in [0.717, 1.165) is 5.56 Å². The molecular formula is C11H18O2Si. The highest BCUT2D eigenvalue weighted by molar-refractivity contribution is 6.68. The molecule has 0 saturated carbocycles. The van der Waals surface area contributed by atoms with Crippen molar-refractivity contribution >= 4 is 14.1 Å². The summed E-state index contributed by atoms with van der Waals surface area (Å²) < 4.78 is 0. The van der Waals surface area contributed by atoms with Gasteiger partial charge in [-0.15, -0.1) is 0 Å². The molecule has 0 radical (unpaired) electrons. The van der Waals surface area contributed by atoms with Crippen LogP contribution in [-0.2, 0) is 0 Å². The van der Waals surface area contributed by atoms with E-state index in [4.69, 9.17) is 4.80 Å². The first-order valence-electron chi connectivity index (χ1n) is 4.59. The molecule has 78 valence electrons. The molecule has 0 fully saturated rings. The van der Waals surface area contributed by atoms with E-state index in [1.807, 2.05) is 50.0 Å². The lowest BCUT2D eigenvalue weighted by atomic mass is 10.2. The molecule has 1 aromatic rings. The third-order valence-electron chi connectivity index (χ3n) is 1.18. The number of carbonyl (C=O) groups is 1. The molecule has 0 aliphatic heterocycles. The largest absolute Gasteiger partial charge is 0.433 e. The minimum atomic E-state index is -1.61. The zero-order chi connectivity index (χ0) is 11.2. The zero-order valence-corrected chi connectivity index (χ0v) is 10.2. The zero-order valence-electron chi connectivity index (χ0n) is 9.24. The monoisotopic (exact) mass is 210 g/mol. The van der Waals surface area contributed by atoms with Crippen molar-refractivity contribution in [2.75, 3.05) is 0 Å². The minimum Gasteiger partial charge on any atom is -0.433 e. The predicted molar refractivity (Wildman–Crippen MR) is 62.0 cm³/mol. The summed E-state index contributed by atoms with van der Waals surface area (Å²) in [4.78, 5) is 19.3. The first-order valence-corrected chi connectivity index (χ1v) is 8.04. The molecule has 14 heavy (non-hydrogen) atoms. The van der Waals surface area contributed by atoms with Crippen LogP contribution in [0, 0.1) is 0 Å². The van der Waals surface area contributed by atoms with Gasteiger partial charge in [-0.2, -0.15) is 0 Å². The number of Topliss-reactive ketones (excluding diaryl/α,β-unsaturated/α-hetero) is 1. The fraction of sp³-hybridized carbons (Fsp3) is 0.364. The molecule has 0 bridgehead atoms. The van der Waals surface area contributed by atoms with Crippen LogP contribution in [-0.4, -0.2) is 18.9 Å². The smallest absolute Gasteiger partial charge is 0.179 e. The summed E-state index contributed by atoms with van der Waals surface area (Å²) in [5.74, 6) is 0.121. The average Bonchev–Trinajstić information content (AvgIpc) is 2.03. The highest BCUT2D eigenvalue weighted by Gasteiger charge is 2.03. The molecule has 0 atom stereocenters. The number of hydrogen-bond acceptors (Lipinski definition) is 2. The second-order valence-corrected chi connectivity index (χ2v) is 8.43. The maximum absolute atomic E-state index is 10.6. The van der Waals surface area contributed by atoms with Gasteiger partial charge >= 0.3 is 0 Å². The van der Waals surface area contributed by atoms with Crippen LogP contribution in [0.15, 0.2) is 30.3 Å². The average molecular weight is 210 g/mol. The summed E-state index contributed by atoms with van der Waals surface area (Å²) >= 11 is 0. The van der Waals surface area contributed by atoms with Crippen LogP contribution >= 0.6 is 0 Å². The maximum atomic E-state index is 10.6. The van der Waals surface area contributed by atoms with Crippen LogP contribution in [0.25, 0.3) is 0 Å². The molecule has 2 nitrogen and oxygen atoms in total. The summed E-state index contributed by atoms with van der Waals surface area (Å²) in [6.45, 7) is 7.21. The van der Waals surface area contributed by atoms with Gasteiger partial charge in [0.05, 0.1) is 0 Å². The predicted octanol–water partition coefficient (Wildman–Crippen LogP) is 2.70. The topological polar surface area (TPSA) is 37.3 Å². The van der Waals surface area contributed by atoms with Crippen molar-refractivity contribution in [1.29, 1.82) is 0 Å². The van der Waals surface area contributed by atoms with E-state index in [1.165, 1.54) is 0 Å². The number of rotatable bonds is 1. The molecule has 1 N–H and O–H groups in total. The van der Waals surface area contributed by atoms with Gasteiger partial charge in [0, 0.05) is 5.56 Å². The lowest BCUT2D eigenvalue weighted by molar-refractivity contribution is 0.101. The third-order valence-corrected chi connectivity index (χ3v) is 1.18. The first-order chi connectivity index (χ1) is 6.30. The van der Waals surface area contributed by atoms with E-state index in [1.54, 1.807) is 6.92 Å². The molecule has 0 aliphatic carbocycles. The third kappa shape index (κ3) is 9.16. The fourth-order valence-electron chi connectivity index (χ4n) is 0.673. The van der Waals surface area contributed by atoms with E-state index < -0.39 is 8.32 Å². The fourth-order valence-corrected chi connectivity index (χ4v) is 0.673. The number of hydrogen-bond donors (Lipinski definition) is 1. The number of benzene rings is 1. The molecule has 0 heterocycles. The summed E-state index contributed by atoms with van der Waals surface area (Å²) in [7, 11) is -1.61. The van der Waals surface area contributed by atoms with Gasteiger partial charge in [-0.05, 0) is 26.6 Å². The Bertz CT molecular complexity index is 269. The molecule has 0 unspecified atom stereocenters. The Morgan fingerprint density at radius 3 is 1.71 bits per heavy atom. The number of carbonyl (C=O) groups excluding carboxylic acids is 1. The van der Waals surface area contributed by atoms with Crippen LogP contribution in [0.3, 0.4) is 0 Å². The van der Waals surface area contributed by atoms with Gasteiger partial charge < -0.3 is 4.80 Å². The van der Waals surface area contributed by atoms with Crippen molar-refractivity contribution in [1.82, 2.24) is 0 Å². The van der Waals surface area contributed by atoms with Crippen LogP contribution in [0.2, 0.25) is 19.6 Å². The highest BCUT2D eigenvalue weighted by Crippen LogP contribution is 1.97. The lowest BCUT2D eigenvalue weighted by Crippen LogP contribution is -2.17. The molecule has 1 rings (SSSR count). The minimum absolute atomic E-state index is 0.121. The molecule has 0 spiro atoms. The Morgan fingerprint density at radius 1 is 1.14 bits per heavy atom. The number of ketones is 1. The normalized spacial score (nSPS) is 10.1. The summed E-state index contributed by atoms with van der Waals surface area (Å²) in [5, 5.41) is 0. The van der Waals surface area contributed by atoms with E-state index in [2.05, 4.69) is 0 Å². The Morgan fingerprint density at radius 2 is 1.50 bits per heavy atom. The Hall–Kier alpha value is -0.933. The second-order valence-electron chi connectivity index (χ2n) is 4.09. The van der Waals surface area contributed by atoms with Crippen LogP contribution in [0.5, 0.6) is 0 Å². The van der Waals surface area contributed by atoms with Gasteiger partial charge in [-0.1, -0.05) is 30.3 Å². The van der Waals surface area contributed by atoms with Crippen LogP contribution in [0.4, 0.5) is 0 Å². The molecule has 0 saturated heterocycles. The summed E-state index contributed by atoms with van der Waals surface area (Å²) in [6, 6.07) is 9.23. The van der Waals surface area contributed by atoms with Crippen molar-refractivity contribution in [3.05, 3.63) is 35.9 Å². The van der Waals surface area contributed by atoms with E-state index in [9.17, 15) is 4.79 Å². The van der Waals surface area contributed by atoms with Crippen molar-refractivity contribution in [2.24, 2.45) is 0 Å².